The number of allylic oxidation sites excluding steroid dienone is 1. The number of rotatable bonds is 6. The van der Waals surface area contributed by atoms with Crippen LogP contribution in [0.4, 0.5) is 0 Å². The van der Waals surface area contributed by atoms with Crippen LogP contribution in [-0.4, -0.2) is 127 Å². The summed E-state index contributed by atoms with van der Waals surface area (Å²) in [6.45, 7) is 3.99. The predicted molar refractivity (Wildman–Crippen MR) is 157 cm³/mol. The number of cyclic esters (lactones) is 1. The molecule has 12 nitrogen and oxygen atoms in total. The molecular weight excluding hydrogens is 568 g/mol. The molecule has 5 aliphatic rings. The summed E-state index contributed by atoms with van der Waals surface area (Å²) in [5.41, 5.74) is -0.719. The van der Waals surface area contributed by atoms with Crippen LogP contribution in [0.15, 0.2) is 54.6 Å². The van der Waals surface area contributed by atoms with Gasteiger partial charge in [0.1, 0.15) is 23.7 Å². The number of nitrogens with one attached hydrogen (secondary N) is 1. The zero-order valence-corrected chi connectivity index (χ0v) is 24.7. The Kier molecular flexibility index (Phi) is 9.13. The van der Waals surface area contributed by atoms with E-state index in [4.69, 9.17) is 14.2 Å². The topological polar surface area (TPSA) is 138 Å². The number of carbonyl (C=O) groups excluding carboxylic acids is 4. The quantitative estimate of drug-likeness (QED) is 0.339. The normalized spacial score (nSPS) is 33.8. The Labute approximate surface area is 256 Å². The van der Waals surface area contributed by atoms with Crippen molar-refractivity contribution in [2.24, 2.45) is 11.8 Å². The van der Waals surface area contributed by atoms with E-state index in [1.807, 2.05) is 36.4 Å². The fourth-order valence-electron chi connectivity index (χ4n) is 7.09. The third-order valence-electron chi connectivity index (χ3n) is 9.26. The Morgan fingerprint density at radius 2 is 1.77 bits per heavy atom. The second kappa shape index (κ2) is 13.2. The van der Waals surface area contributed by atoms with Gasteiger partial charge in [-0.05, 0) is 12.0 Å². The Hall–Kier alpha value is -3.58. The molecule has 12 heteroatoms. The maximum absolute atomic E-state index is 14.3. The molecule has 3 saturated heterocycles. The smallest absolute Gasteiger partial charge is 0.313 e. The highest BCUT2D eigenvalue weighted by atomic mass is 16.6. The number of carbonyl (C=O) groups is 4. The Morgan fingerprint density at radius 3 is 2.55 bits per heavy atom. The van der Waals surface area contributed by atoms with E-state index in [1.54, 1.807) is 23.1 Å². The maximum Gasteiger partial charge on any atom is 0.313 e. The number of amides is 3. The lowest BCUT2D eigenvalue weighted by Crippen LogP contribution is -2.56. The molecule has 3 amide bonds. The molecule has 2 N–H and O–H groups in total. The van der Waals surface area contributed by atoms with Crippen LogP contribution in [-0.2, 0) is 33.4 Å². The molecule has 1 spiro atoms. The van der Waals surface area contributed by atoms with E-state index >= 15 is 0 Å². The number of hydrogen-bond donors (Lipinski definition) is 2. The van der Waals surface area contributed by atoms with Gasteiger partial charge in [-0.1, -0.05) is 54.6 Å². The van der Waals surface area contributed by atoms with Gasteiger partial charge in [0.25, 0.3) is 0 Å². The summed E-state index contributed by atoms with van der Waals surface area (Å²) < 4.78 is 18.2. The summed E-state index contributed by atoms with van der Waals surface area (Å²) in [4.78, 5) is 60.4. The number of ether oxygens (including phenoxy) is 3. The lowest BCUT2D eigenvalue weighted by Gasteiger charge is -2.36. The van der Waals surface area contributed by atoms with E-state index in [1.165, 1.54) is 4.90 Å². The van der Waals surface area contributed by atoms with Gasteiger partial charge in [0.05, 0.1) is 38.4 Å². The van der Waals surface area contributed by atoms with E-state index in [0.717, 1.165) is 13.1 Å². The summed E-state index contributed by atoms with van der Waals surface area (Å²) >= 11 is 0. The summed E-state index contributed by atoms with van der Waals surface area (Å²) in [6.07, 6.45) is 6.13. The highest BCUT2D eigenvalue weighted by Gasteiger charge is 2.71. The number of aliphatic hydroxyl groups excluding tert-OH is 1. The first kappa shape index (κ1) is 30.4. The van der Waals surface area contributed by atoms with Crippen LogP contribution in [0.1, 0.15) is 24.5 Å². The van der Waals surface area contributed by atoms with Crippen LogP contribution in [0.3, 0.4) is 0 Å². The van der Waals surface area contributed by atoms with Gasteiger partial charge >= 0.3 is 5.97 Å². The number of β-amino-alcohol motifs (C(OH)–C–C–N with tert-alkyl or cyclic N) is 1. The van der Waals surface area contributed by atoms with Gasteiger partial charge < -0.3 is 34.4 Å². The van der Waals surface area contributed by atoms with Crippen molar-refractivity contribution in [3.63, 3.8) is 0 Å². The molecule has 0 aromatic heterocycles. The van der Waals surface area contributed by atoms with Gasteiger partial charge in [-0.2, -0.15) is 0 Å². The molecule has 0 saturated carbocycles. The molecule has 6 atom stereocenters. The average molecular weight is 609 g/mol. The molecule has 1 aromatic rings. The predicted octanol–water partition coefficient (Wildman–Crippen LogP) is 0.0408. The second-order valence-corrected chi connectivity index (χ2v) is 11.8. The zero-order valence-electron chi connectivity index (χ0n) is 24.7. The van der Waals surface area contributed by atoms with Crippen LogP contribution >= 0.6 is 0 Å². The van der Waals surface area contributed by atoms with Crippen LogP contribution in [0, 0.1) is 11.8 Å². The number of fused-ring (bicyclic) bond motifs is 2. The Bertz CT molecular complexity index is 1300. The first-order valence-corrected chi connectivity index (χ1v) is 15.5. The first-order valence-electron chi connectivity index (χ1n) is 15.5. The van der Waals surface area contributed by atoms with Gasteiger partial charge in [0.2, 0.25) is 17.7 Å². The summed E-state index contributed by atoms with van der Waals surface area (Å²) in [6, 6.07) is 8.08. The number of likely N-dealkylation sites (tertiary alicyclic amines) is 1. The number of esters is 1. The lowest BCUT2D eigenvalue weighted by atomic mass is 9.78. The van der Waals surface area contributed by atoms with Gasteiger partial charge in [-0.15, -0.1) is 0 Å². The number of morpholine rings is 1. The van der Waals surface area contributed by atoms with Crippen molar-refractivity contribution in [2.45, 2.75) is 36.7 Å². The maximum atomic E-state index is 14.3. The molecule has 5 heterocycles. The van der Waals surface area contributed by atoms with E-state index in [0.29, 0.717) is 44.8 Å². The van der Waals surface area contributed by atoms with Gasteiger partial charge in [-0.25, -0.2) is 0 Å². The van der Waals surface area contributed by atoms with Crippen molar-refractivity contribution in [1.29, 1.82) is 0 Å². The molecular formula is C32H40N4O8. The summed E-state index contributed by atoms with van der Waals surface area (Å²) in [5, 5.41) is 12.8. The zero-order chi connectivity index (χ0) is 30.7. The molecule has 236 valence electrons. The van der Waals surface area contributed by atoms with Crippen molar-refractivity contribution in [2.75, 3.05) is 65.6 Å². The fraction of sp³-hybridized carbons (Fsp3) is 0.562. The highest BCUT2D eigenvalue weighted by molar-refractivity contribution is 5.99. The number of hydrogen-bond acceptors (Lipinski definition) is 9. The molecule has 3 fully saturated rings. The summed E-state index contributed by atoms with van der Waals surface area (Å²) in [5.74, 6) is -3.59. The van der Waals surface area contributed by atoms with Crippen molar-refractivity contribution >= 4 is 23.7 Å². The third-order valence-corrected chi connectivity index (χ3v) is 9.26. The first-order chi connectivity index (χ1) is 21.4. The minimum atomic E-state index is -1.42. The standard InChI is InChI=1S/C32H40N4O8/c37-18-15-36-28-30(40)35(14-13-34-16-19-42-20-17-34)12-6-11-32(28)27(29(36)39)26-23(44-32)9-4-5-10-25(38)33-21-24(43-31(26)41)22-7-2-1-3-8-22/h1-4,6-9,11,23-24,26-28,37H,5,10,12-21H2,(H,33,38)/b9-4-/t23-,24+,26+,27+,28-,32+/m1/s1. The fourth-order valence-corrected chi connectivity index (χ4v) is 7.09. The molecule has 0 aliphatic carbocycles. The molecule has 5 aliphatic heterocycles. The van der Waals surface area contributed by atoms with Crippen LogP contribution in [0.5, 0.6) is 0 Å². The number of benzene rings is 1. The Balaban J connectivity index is 1.33. The van der Waals surface area contributed by atoms with Gasteiger partial charge in [0.15, 0.2) is 0 Å². The third kappa shape index (κ3) is 5.79. The summed E-state index contributed by atoms with van der Waals surface area (Å²) in [7, 11) is 0. The van der Waals surface area contributed by atoms with Crippen molar-refractivity contribution in [3.05, 3.63) is 60.2 Å². The molecule has 0 bridgehead atoms. The molecule has 44 heavy (non-hydrogen) atoms. The van der Waals surface area contributed by atoms with Crippen LogP contribution < -0.4 is 5.32 Å². The SMILES string of the molecule is O=C1CC/C=C\[C@H]2O[C@]34C=CCN(CCN5CCOCC5)C(=O)[C@H]3N(CCO)C(=O)[C@@H]4[C@H]2C(=O)O[C@H](c2ccccc2)CN1. The average Bonchev–Trinajstić information content (AvgIpc) is 3.42. The minimum absolute atomic E-state index is 0.0665. The lowest BCUT2D eigenvalue weighted by molar-refractivity contribution is -0.160. The Morgan fingerprint density at radius 1 is 0.977 bits per heavy atom. The van der Waals surface area contributed by atoms with E-state index in [2.05, 4.69) is 10.2 Å². The molecule has 0 radical (unpaired) electrons. The van der Waals surface area contributed by atoms with Crippen LogP contribution in [0.2, 0.25) is 0 Å². The van der Waals surface area contributed by atoms with Gasteiger partial charge in [-0.3, -0.25) is 24.1 Å². The largest absolute Gasteiger partial charge is 0.455 e. The minimum Gasteiger partial charge on any atom is -0.455 e. The van der Waals surface area contributed by atoms with E-state index in [-0.39, 0.29) is 37.9 Å². The number of aliphatic hydroxyl groups is 1. The highest BCUT2D eigenvalue weighted by Crippen LogP contribution is 2.53. The monoisotopic (exact) mass is 608 g/mol. The molecule has 0 unspecified atom stereocenters. The molecule has 1 aromatic carbocycles. The second-order valence-electron chi connectivity index (χ2n) is 11.8. The van der Waals surface area contributed by atoms with Gasteiger partial charge in [0, 0.05) is 45.7 Å². The van der Waals surface area contributed by atoms with Crippen molar-refractivity contribution in [3.8, 4) is 0 Å². The van der Waals surface area contributed by atoms with E-state index < -0.39 is 47.6 Å². The number of nitrogens with zero attached hydrogens (tertiary/aromatic N) is 3. The van der Waals surface area contributed by atoms with Crippen molar-refractivity contribution < 1.29 is 38.5 Å². The van der Waals surface area contributed by atoms with Crippen molar-refractivity contribution in [1.82, 2.24) is 20.0 Å². The molecule has 6 rings (SSSR count). The van der Waals surface area contributed by atoms with E-state index in [9.17, 15) is 24.3 Å². The van der Waals surface area contributed by atoms with Crippen LogP contribution in [0.25, 0.3) is 0 Å².